The molecule has 1 fully saturated rings. The smallest absolute Gasteiger partial charge is 0.269 e. The number of para-hydroxylation sites is 1. The van der Waals surface area contributed by atoms with Crippen LogP contribution in [0.1, 0.15) is 25.7 Å². The number of non-ortho nitro benzene ring substituents is 1. The Bertz CT molecular complexity index is 938. The van der Waals surface area contributed by atoms with E-state index in [1.54, 1.807) is 12.1 Å². The van der Waals surface area contributed by atoms with Crippen LogP contribution in [0.15, 0.2) is 48.5 Å². The zero-order chi connectivity index (χ0) is 17.9. The predicted molar refractivity (Wildman–Crippen MR) is 100 cm³/mol. The number of halogens is 1. The van der Waals surface area contributed by atoms with Crippen molar-refractivity contribution in [1.29, 1.82) is 0 Å². The quantitative estimate of drug-likeness (QED) is 0.520. The standard InChI is InChI=1S/C20H20N4O2.ClH/c25-24(26)16-11-9-15(10-12-16)19-21-18-8-4-3-7-17(18)20(22-19)23-13-5-1-2-6-14-23;/h3-4,7-12H,1-2,5-6,13-14H2;1H. The molecule has 0 atom stereocenters. The second-order valence-corrected chi connectivity index (χ2v) is 6.73. The van der Waals surface area contributed by atoms with Crippen molar-refractivity contribution in [1.82, 2.24) is 9.97 Å². The van der Waals surface area contributed by atoms with Gasteiger partial charge in [0.1, 0.15) is 0 Å². The van der Waals surface area contributed by atoms with Crippen LogP contribution >= 0.6 is 0 Å². The lowest BCUT2D eigenvalue weighted by Gasteiger charge is -2.17. The number of fused-ring (bicyclic) bond motifs is 1. The van der Waals surface area contributed by atoms with Gasteiger partial charge in [0, 0.05) is 17.7 Å². The van der Waals surface area contributed by atoms with E-state index < -0.39 is 4.92 Å². The molecule has 140 valence electrons. The van der Waals surface area contributed by atoms with Crippen LogP contribution in [0.5, 0.6) is 0 Å². The minimum atomic E-state index is -0.391. The summed E-state index contributed by atoms with van der Waals surface area (Å²) in [5, 5.41) is 12.0. The largest absolute Gasteiger partial charge is 1.00 e. The van der Waals surface area contributed by atoms with Crippen LogP contribution in [-0.2, 0) is 0 Å². The van der Waals surface area contributed by atoms with Crippen LogP contribution in [0.2, 0.25) is 0 Å². The van der Waals surface area contributed by atoms with E-state index in [4.69, 9.17) is 9.97 Å². The van der Waals surface area contributed by atoms with Crippen LogP contribution in [0.4, 0.5) is 11.5 Å². The average Bonchev–Trinajstić information content (AvgIpc) is 2.96. The highest BCUT2D eigenvalue weighted by atomic mass is 35.5. The number of rotatable bonds is 3. The van der Waals surface area contributed by atoms with E-state index in [0.717, 1.165) is 35.4 Å². The summed E-state index contributed by atoms with van der Waals surface area (Å²) in [6, 6.07) is 14.6. The molecule has 0 spiro atoms. The Morgan fingerprint density at radius 2 is 1.56 bits per heavy atom. The first-order chi connectivity index (χ1) is 12.7. The first kappa shape index (κ1) is 19.2. The van der Waals surface area contributed by atoms with E-state index in [9.17, 15) is 10.1 Å². The average molecular weight is 385 g/mol. The normalized spacial score (nSPS) is 15.1. The third-order valence-corrected chi connectivity index (χ3v) is 4.98. The van der Waals surface area contributed by atoms with Crippen LogP contribution < -0.4 is 17.3 Å². The minimum absolute atomic E-state index is 0. The third-order valence-electron chi connectivity index (χ3n) is 4.98. The molecular formula is C20H21ClN4O2. The summed E-state index contributed by atoms with van der Waals surface area (Å²) in [6.45, 7) is 2.17. The Morgan fingerprint density at radius 1 is 0.889 bits per heavy atom. The summed E-state index contributed by atoms with van der Waals surface area (Å²) in [5.41, 5.74) is 1.80. The lowest BCUT2D eigenvalue weighted by Crippen LogP contribution is -3.07. The maximum absolute atomic E-state index is 10.9. The van der Waals surface area contributed by atoms with E-state index in [1.165, 1.54) is 42.7 Å². The van der Waals surface area contributed by atoms with E-state index in [-0.39, 0.29) is 18.1 Å². The van der Waals surface area contributed by atoms with Gasteiger partial charge in [-0.1, -0.05) is 12.1 Å². The molecule has 1 saturated heterocycles. The fourth-order valence-corrected chi connectivity index (χ4v) is 3.60. The number of nitrogens with zero attached hydrogens (tertiary/aromatic N) is 3. The van der Waals surface area contributed by atoms with Crippen molar-refractivity contribution in [3.05, 3.63) is 58.6 Å². The number of nitro benzene ring substituents is 1. The van der Waals surface area contributed by atoms with Gasteiger partial charge in [-0.2, -0.15) is 4.98 Å². The second-order valence-electron chi connectivity index (χ2n) is 6.73. The van der Waals surface area contributed by atoms with E-state index in [1.807, 2.05) is 18.2 Å². The first-order valence-corrected chi connectivity index (χ1v) is 9.09. The number of hydrogen-bond acceptors (Lipinski definition) is 4. The summed E-state index contributed by atoms with van der Waals surface area (Å²) >= 11 is 0. The van der Waals surface area contributed by atoms with Gasteiger partial charge in [-0.25, -0.2) is 4.98 Å². The number of nitro groups is 1. The zero-order valence-corrected chi connectivity index (χ0v) is 15.7. The molecule has 7 heteroatoms. The molecule has 1 aliphatic heterocycles. The Balaban J connectivity index is 0.00000210. The molecule has 0 radical (unpaired) electrons. The summed E-state index contributed by atoms with van der Waals surface area (Å²) in [4.78, 5) is 21.5. The molecule has 0 unspecified atom stereocenters. The molecule has 3 aromatic rings. The lowest BCUT2D eigenvalue weighted by atomic mass is 10.1. The maximum Gasteiger partial charge on any atom is 0.269 e. The van der Waals surface area contributed by atoms with E-state index >= 15 is 0 Å². The molecule has 27 heavy (non-hydrogen) atoms. The van der Waals surface area contributed by atoms with Crippen LogP contribution in [-0.4, -0.2) is 28.0 Å². The molecule has 0 aliphatic carbocycles. The first-order valence-electron chi connectivity index (χ1n) is 9.09. The van der Waals surface area contributed by atoms with Crippen molar-refractivity contribution in [2.75, 3.05) is 13.1 Å². The summed E-state index contributed by atoms with van der Waals surface area (Å²) in [6.07, 6.45) is 4.98. The van der Waals surface area contributed by atoms with Gasteiger partial charge in [-0.15, -0.1) is 0 Å². The SMILES string of the molecule is O=[N+]([O-])c1ccc(-c2nc([NH+]3CCCCCC3)c3ccccc3n2)cc1.[Cl-]. The summed E-state index contributed by atoms with van der Waals surface area (Å²) < 4.78 is 0. The molecule has 2 heterocycles. The van der Waals surface area contributed by atoms with Crippen LogP contribution in [0.3, 0.4) is 0 Å². The van der Waals surface area contributed by atoms with Gasteiger partial charge >= 0.3 is 0 Å². The van der Waals surface area contributed by atoms with Gasteiger partial charge in [0.05, 0.1) is 28.9 Å². The Labute approximate surface area is 163 Å². The fraction of sp³-hybridized carbons (Fsp3) is 0.300. The third kappa shape index (κ3) is 4.07. The Hall–Kier alpha value is -2.57. The molecule has 2 aromatic carbocycles. The van der Waals surface area contributed by atoms with Crippen molar-refractivity contribution in [3.8, 4) is 11.4 Å². The lowest BCUT2D eigenvalue weighted by molar-refractivity contribution is -0.833. The summed E-state index contributed by atoms with van der Waals surface area (Å²) in [5.74, 6) is 1.68. The molecule has 4 rings (SSSR count). The number of benzene rings is 2. The highest BCUT2D eigenvalue weighted by molar-refractivity contribution is 5.87. The number of nitrogens with one attached hydrogen (secondary N) is 1. The minimum Gasteiger partial charge on any atom is -1.00 e. The molecule has 0 amide bonds. The van der Waals surface area contributed by atoms with Crippen molar-refractivity contribution < 1.29 is 22.2 Å². The van der Waals surface area contributed by atoms with Gasteiger partial charge < -0.3 is 12.4 Å². The van der Waals surface area contributed by atoms with E-state index in [2.05, 4.69) is 6.07 Å². The summed E-state index contributed by atoms with van der Waals surface area (Å²) in [7, 11) is 0. The second kappa shape index (κ2) is 8.41. The van der Waals surface area contributed by atoms with Crippen molar-refractivity contribution >= 4 is 22.4 Å². The molecule has 1 aliphatic rings. The number of quaternary nitrogens is 1. The molecule has 0 saturated carbocycles. The van der Waals surface area contributed by atoms with Crippen LogP contribution in [0, 0.1) is 10.1 Å². The van der Waals surface area contributed by atoms with Gasteiger partial charge in [-0.3, -0.25) is 15.0 Å². The zero-order valence-electron chi connectivity index (χ0n) is 14.9. The molecular weight excluding hydrogens is 364 g/mol. The highest BCUT2D eigenvalue weighted by Gasteiger charge is 2.21. The van der Waals surface area contributed by atoms with Crippen LogP contribution in [0.25, 0.3) is 22.3 Å². The molecule has 1 aromatic heterocycles. The predicted octanol–water partition coefficient (Wildman–Crippen LogP) is 0.299. The van der Waals surface area contributed by atoms with Crippen molar-refractivity contribution in [3.63, 3.8) is 0 Å². The van der Waals surface area contributed by atoms with E-state index in [0.29, 0.717) is 5.82 Å². The van der Waals surface area contributed by atoms with Gasteiger partial charge in [0.25, 0.3) is 5.69 Å². The molecule has 6 nitrogen and oxygen atoms in total. The maximum atomic E-state index is 10.9. The van der Waals surface area contributed by atoms with Gasteiger partial charge in [0.15, 0.2) is 5.82 Å². The fourth-order valence-electron chi connectivity index (χ4n) is 3.60. The Kier molecular flexibility index (Phi) is 5.98. The van der Waals surface area contributed by atoms with Gasteiger partial charge in [0.2, 0.25) is 5.82 Å². The number of aromatic nitrogens is 2. The highest BCUT2D eigenvalue weighted by Crippen LogP contribution is 2.24. The Morgan fingerprint density at radius 3 is 2.22 bits per heavy atom. The molecule has 1 N–H and O–H groups in total. The van der Waals surface area contributed by atoms with Crippen molar-refractivity contribution in [2.45, 2.75) is 25.7 Å². The molecule has 0 bridgehead atoms. The van der Waals surface area contributed by atoms with Gasteiger partial charge in [-0.05, 0) is 49.9 Å². The van der Waals surface area contributed by atoms with Crippen molar-refractivity contribution in [2.24, 2.45) is 0 Å². The number of hydrogen-bond donors (Lipinski definition) is 1. The topological polar surface area (TPSA) is 73.4 Å². The monoisotopic (exact) mass is 384 g/mol.